The molecule has 2 rings (SSSR count). The highest BCUT2D eigenvalue weighted by atomic mass is 19.2. The van der Waals surface area contributed by atoms with Gasteiger partial charge in [0.1, 0.15) is 5.56 Å². The Kier molecular flexibility index (Phi) is 4.02. The van der Waals surface area contributed by atoms with E-state index in [9.17, 15) is 27.2 Å². The first kappa shape index (κ1) is 14.7. The zero-order valence-corrected chi connectivity index (χ0v) is 10.2. The van der Waals surface area contributed by atoms with Gasteiger partial charge in [0.25, 0.3) is 0 Å². The Bertz CT molecular complexity index is 714. The van der Waals surface area contributed by atoms with E-state index in [-0.39, 0.29) is 11.6 Å². The van der Waals surface area contributed by atoms with Crippen molar-refractivity contribution >= 4 is 11.9 Å². The topological polar surface area (TPSA) is 43.4 Å². The fraction of sp³-hybridized carbons (Fsp3) is 0. The predicted octanol–water partition coefficient (Wildman–Crippen LogP) is 3.24. The van der Waals surface area contributed by atoms with Gasteiger partial charge in [-0.2, -0.15) is 0 Å². The lowest BCUT2D eigenvalue weighted by molar-refractivity contribution is 0.0393. The maximum Gasteiger partial charge on any atom is 0.349 e. The highest BCUT2D eigenvalue weighted by molar-refractivity contribution is 6.02. The lowest BCUT2D eigenvalue weighted by atomic mass is 10.2. The molecule has 0 fully saturated rings. The van der Waals surface area contributed by atoms with Crippen LogP contribution in [0, 0.1) is 23.3 Å². The lowest BCUT2D eigenvalue weighted by Gasteiger charge is -2.05. The number of halogens is 4. The van der Waals surface area contributed by atoms with E-state index in [0.717, 1.165) is 0 Å². The molecule has 0 heterocycles. The van der Waals surface area contributed by atoms with Gasteiger partial charge in [0, 0.05) is 0 Å². The zero-order valence-electron chi connectivity index (χ0n) is 10.2. The van der Waals surface area contributed by atoms with Crippen LogP contribution in [0.3, 0.4) is 0 Å². The molecule has 21 heavy (non-hydrogen) atoms. The molecule has 108 valence electrons. The molecule has 0 saturated heterocycles. The number of benzene rings is 2. The maximum atomic E-state index is 13.4. The minimum absolute atomic E-state index is 0.0192. The first-order valence-corrected chi connectivity index (χ1v) is 5.56. The van der Waals surface area contributed by atoms with Crippen molar-refractivity contribution in [1.29, 1.82) is 0 Å². The summed E-state index contributed by atoms with van der Waals surface area (Å²) in [7, 11) is 0. The van der Waals surface area contributed by atoms with Crippen molar-refractivity contribution < 1.29 is 31.9 Å². The van der Waals surface area contributed by atoms with Gasteiger partial charge in [-0.1, -0.05) is 18.2 Å². The van der Waals surface area contributed by atoms with Crippen LogP contribution in [0.15, 0.2) is 36.4 Å². The average Bonchev–Trinajstić information content (AvgIpc) is 2.49. The summed E-state index contributed by atoms with van der Waals surface area (Å²) < 4.78 is 56.3. The second kappa shape index (κ2) is 5.74. The van der Waals surface area contributed by atoms with E-state index in [1.54, 1.807) is 6.07 Å². The van der Waals surface area contributed by atoms with E-state index in [1.807, 2.05) is 0 Å². The Morgan fingerprint density at radius 3 is 2.05 bits per heavy atom. The quantitative estimate of drug-likeness (QED) is 0.281. The van der Waals surface area contributed by atoms with Crippen molar-refractivity contribution in [1.82, 2.24) is 0 Å². The van der Waals surface area contributed by atoms with Crippen molar-refractivity contribution in [2.24, 2.45) is 0 Å². The van der Waals surface area contributed by atoms with Gasteiger partial charge in [-0.05, 0) is 18.2 Å². The van der Waals surface area contributed by atoms with Crippen LogP contribution in [-0.4, -0.2) is 11.9 Å². The number of ether oxygens (including phenoxy) is 1. The standard InChI is InChI=1S/C14H6F4O3/c15-9-6-8(10(16)12(18)11(9)17)14(20)21-13(19)7-4-2-1-3-5-7/h1-6H. The molecule has 0 amide bonds. The third kappa shape index (κ3) is 2.91. The van der Waals surface area contributed by atoms with Gasteiger partial charge in [-0.25, -0.2) is 27.2 Å². The first-order chi connectivity index (χ1) is 9.91. The molecule has 2 aromatic rings. The van der Waals surface area contributed by atoms with Gasteiger partial charge in [0.2, 0.25) is 0 Å². The van der Waals surface area contributed by atoms with E-state index >= 15 is 0 Å². The fourth-order valence-electron chi connectivity index (χ4n) is 1.49. The van der Waals surface area contributed by atoms with Crippen molar-refractivity contribution in [3.8, 4) is 0 Å². The highest BCUT2D eigenvalue weighted by Gasteiger charge is 2.25. The number of carbonyl (C=O) groups excluding carboxylic acids is 2. The third-order valence-electron chi connectivity index (χ3n) is 2.52. The summed E-state index contributed by atoms with van der Waals surface area (Å²) in [6.07, 6.45) is 0. The second-order valence-electron chi connectivity index (χ2n) is 3.89. The second-order valence-corrected chi connectivity index (χ2v) is 3.89. The first-order valence-electron chi connectivity index (χ1n) is 5.56. The number of hydrogen-bond acceptors (Lipinski definition) is 3. The molecule has 2 aromatic carbocycles. The van der Waals surface area contributed by atoms with Gasteiger partial charge in [0.15, 0.2) is 23.3 Å². The smallest absolute Gasteiger partial charge is 0.349 e. The molecule has 0 saturated carbocycles. The number of hydrogen-bond donors (Lipinski definition) is 0. The molecule has 0 aliphatic rings. The maximum absolute atomic E-state index is 13.4. The van der Waals surface area contributed by atoms with Crippen LogP contribution in [0.25, 0.3) is 0 Å². The van der Waals surface area contributed by atoms with E-state index in [4.69, 9.17) is 0 Å². The Balaban J connectivity index is 2.28. The highest BCUT2D eigenvalue weighted by Crippen LogP contribution is 2.19. The van der Waals surface area contributed by atoms with Crippen LogP contribution in [0.1, 0.15) is 20.7 Å². The van der Waals surface area contributed by atoms with E-state index in [0.29, 0.717) is 0 Å². The molecule has 0 N–H and O–H groups in total. The van der Waals surface area contributed by atoms with Crippen molar-refractivity contribution in [2.75, 3.05) is 0 Å². The minimum atomic E-state index is -2.16. The Labute approximate surface area is 115 Å². The average molecular weight is 298 g/mol. The Morgan fingerprint density at radius 1 is 0.810 bits per heavy atom. The molecule has 0 aliphatic heterocycles. The lowest BCUT2D eigenvalue weighted by Crippen LogP contribution is -2.16. The Morgan fingerprint density at radius 2 is 1.43 bits per heavy atom. The molecule has 0 radical (unpaired) electrons. The molecular weight excluding hydrogens is 292 g/mol. The van der Waals surface area contributed by atoms with Crippen LogP contribution in [0.4, 0.5) is 17.6 Å². The zero-order chi connectivity index (χ0) is 15.6. The number of rotatable bonds is 2. The number of carbonyl (C=O) groups is 2. The summed E-state index contributed by atoms with van der Waals surface area (Å²) in [4.78, 5) is 23.1. The summed E-state index contributed by atoms with van der Waals surface area (Å²) in [5.74, 6) is -10.7. The van der Waals surface area contributed by atoms with Crippen LogP contribution in [0.2, 0.25) is 0 Å². The molecule has 0 unspecified atom stereocenters. The summed E-state index contributed by atoms with van der Waals surface area (Å²) >= 11 is 0. The van der Waals surface area contributed by atoms with E-state index < -0.39 is 40.8 Å². The molecule has 0 bridgehead atoms. The van der Waals surface area contributed by atoms with Crippen LogP contribution >= 0.6 is 0 Å². The van der Waals surface area contributed by atoms with Gasteiger partial charge in [0.05, 0.1) is 5.56 Å². The van der Waals surface area contributed by atoms with E-state index in [2.05, 4.69) is 4.74 Å². The van der Waals surface area contributed by atoms with Gasteiger partial charge >= 0.3 is 11.9 Å². The van der Waals surface area contributed by atoms with Crippen molar-refractivity contribution in [2.45, 2.75) is 0 Å². The minimum Gasteiger partial charge on any atom is -0.386 e. The number of esters is 2. The van der Waals surface area contributed by atoms with Crippen LogP contribution in [-0.2, 0) is 4.74 Å². The van der Waals surface area contributed by atoms with Gasteiger partial charge in [-0.3, -0.25) is 0 Å². The van der Waals surface area contributed by atoms with E-state index in [1.165, 1.54) is 24.3 Å². The summed E-state index contributed by atoms with van der Waals surface area (Å²) in [6.45, 7) is 0. The van der Waals surface area contributed by atoms with Crippen molar-refractivity contribution in [3.63, 3.8) is 0 Å². The molecule has 0 aromatic heterocycles. The molecule has 7 heteroatoms. The largest absolute Gasteiger partial charge is 0.386 e. The third-order valence-corrected chi connectivity index (χ3v) is 2.52. The fourth-order valence-corrected chi connectivity index (χ4v) is 1.49. The van der Waals surface area contributed by atoms with Crippen LogP contribution < -0.4 is 0 Å². The van der Waals surface area contributed by atoms with Gasteiger partial charge < -0.3 is 4.74 Å². The molecule has 0 spiro atoms. The summed E-state index contributed by atoms with van der Waals surface area (Å²) in [5, 5.41) is 0. The SMILES string of the molecule is O=C(OC(=O)c1cc(F)c(F)c(F)c1F)c1ccccc1. The summed E-state index contributed by atoms with van der Waals surface area (Å²) in [6, 6.07) is 7.32. The van der Waals surface area contributed by atoms with Crippen LogP contribution in [0.5, 0.6) is 0 Å². The predicted molar refractivity (Wildman–Crippen MR) is 62.5 cm³/mol. The molecule has 0 atom stereocenters. The normalized spacial score (nSPS) is 10.3. The summed E-state index contributed by atoms with van der Waals surface area (Å²) in [5.41, 5.74) is -1.23. The molecule has 3 nitrogen and oxygen atoms in total. The molecular formula is C14H6F4O3. The molecule has 0 aliphatic carbocycles. The Hall–Kier alpha value is -2.70. The van der Waals surface area contributed by atoms with Gasteiger partial charge in [-0.15, -0.1) is 0 Å². The van der Waals surface area contributed by atoms with Crippen molar-refractivity contribution in [3.05, 3.63) is 70.8 Å². The monoisotopic (exact) mass is 298 g/mol.